The molecule has 4 heteroatoms. The van der Waals surface area contributed by atoms with Crippen molar-refractivity contribution in [3.05, 3.63) is 0 Å². The zero-order chi connectivity index (χ0) is 8.81. The van der Waals surface area contributed by atoms with Crippen LogP contribution in [0, 0.1) is 5.92 Å². The number of amides is 1. The number of rotatable bonds is 3. The van der Waals surface area contributed by atoms with Gasteiger partial charge < -0.3 is 15.7 Å². The molecule has 0 aliphatic carbocycles. The standard InChI is InChI=1S/C8H16N2O2/c11-6-5-10-8(12)7-1-3-9-4-2-7/h7,9,11H,1-6H2,(H,10,12)/p+1. The average Bonchev–Trinajstić information content (AvgIpc) is 2.15. The normalized spacial score (nSPS) is 19.1. The van der Waals surface area contributed by atoms with E-state index in [9.17, 15) is 4.79 Å². The molecular weight excluding hydrogens is 156 g/mol. The summed E-state index contributed by atoms with van der Waals surface area (Å²) in [7, 11) is 0. The van der Waals surface area contributed by atoms with Crippen LogP contribution in [0.15, 0.2) is 0 Å². The van der Waals surface area contributed by atoms with Gasteiger partial charge in [0.2, 0.25) is 5.91 Å². The van der Waals surface area contributed by atoms with Gasteiger partial charge in [-0.1, -0.05) is 0 Å². The van der Waals surface area contributed by atoms with Crippen LogP contribution in [0.3, 0.4) is 0 Å². The smallest absolute Gasteiger partial charge is 0.223 e. The minimum absolute atomic E-state index is 0.0323. The highest BCUT2D eigenvalue weighted by molar-refractivity contribution is 5.78. The maximum atomic E-state index is 11.3. The Labute approximate surface area is 72.3 Å². The van der Waals surface area contributed by atoms with Crippen molar-refractivity contribution >= 4 is 5.91 Å². The van der Waals surface area contributed by atoms with E-state index in [1.165, 1.54) is 0 Å². The third-order valence-electron chi connectivity index (χ3n) is 2.22. The van der Waals surface area contributed by atoms with E-state index >= 15 is 0 Å². The fraction of sp³-hybridized carbons (Fsp3) is 0.875. The molecule has 1 fully saturated rings. The fourth-order valence-corrected chi connectivity index (χ4v) is 1.51. The molecule has 1 amide bonds. The summed E-state index contributed by atoms with van der Waals surface area (Å²) < 4.78 is 0. The Morgan fingerprint density at radius 3 is 2.75 bits per heavy atom. The first kappa shape index (κ1) is 9.48. The zero-order valence-electron chi connectivity index (χ0n) is 7.25. The van der Waals surface area contributed by atoms with Gasteiger partial charge in [-0.2, -0.15) is 0 Å². The van der Waals surface area contributed by atoms with Gasteiger partial charge in [-0.15, -0.1) is 0 Å². The van der Waals surface area contributed by atoms with Crippen molar-refractivity contribution in [2.24, 2.45) is 5.92 Å². The Bertz CT molecular complexity index is 144. The zero-order valence-corrected chi connectivity index (χ0v) is 7.25. The Balaban J connectivity index is 2.20. The lowest BCUT2D eigenvalue weighted by Gasteiger charge is -2.19. The summed E-state index contributed by atoms with van der Waals surface area (Å²) >= 11 is 0. The van der Waals surface area contributed by atoms with Gasteiger partial charge in [0, 0.05) is 25.3 Å². The van der Waals surface area contributed by atoms with Crippen molar-refractivity contribution < 1.29 is 15.2 Å². The maximum Gasteiger partial charge on any atom is 0.223 e. The number of quaternary nitrogens is 1. The van der Waals surface area contributed by atoms with E-state index in [0.717, 1.165) is 25.9 Å². The van der Waals surface area contributed by atoms with Crippen LogP contribution in [-0.4, -0.2) is 37.3 Å². The van der Waals surface area contributed by atoms with Crippen LogP contribution in [0.5, 0.6) is 0 Å². The van der Waals surface area contributed by atoms with E-state index in [1.54, 1.807) is 0 Å². The Kier molecular flexibility index (Phi) is 4.04. The minimum atomic E-state index is 0.0323. The summed E-state index contributed by atoms with van der Waals surface area (Å²) in [5, 5.41) is 13.4. The molecule has 1 heterocycles. The molecule has 0 aromatic carbocycles. The van der Waals surface area contributed by atoms with Crippen LogP contribution in [-0.2, 0) is 4.79 Å². The molecular formula is C8H17N2O2+. The van der Waals surface area contributed by atoms with Crippen molar-refractivity contribution in [3.63, 3.8) is 0 Å². The largest absolute Gasteiger partial charge is 0.395 e. The maximum absolute atomic E-state index is 11.3. The lowest BCUT2D eigenvalue weighted by atomic mass is 9.97. The molecule has 12 heavy (non-hydrogen) atoms. The number of hydrogen-bond donors (Lipinski definition) is 3. The van der Waals surface area contributed by atoms with E-state index < -0.39 is 0 Å². The van der Waals surface area contributed by atoms with E-state index in [4.69, 9.17) is 5.11 Å². The highest BCUT2D eigenvalue weighted by Crippen LogP contribution is 2.07. The van der Waals surface area contributed by atoms with Crippen molar-refractivity contribution in [2.45, 2.75) is 12.8 Å². The molecule has 0 aromatic rings. The Hall–Kier alpha value is -0.610. The summed E-state index contributed by atoms with van der Waals surface area (Å²) in [5.41, 5.74) is 0. The average molecular weight is 173 g/mol. The van der Waals surface area contributed by atoms with Crippen molar-refractivity contribution in [1.82, 2.24) is 5.32 Å². The topological polar surface area (TPSA) is 65.9 Å². The summed E-state index contributed by atoms with van der Waals surface area (Å²) in [5.74, 6) is 0.290. The third-order valence-corrected chi connectivity index (χ3v) is 2.22. The molecule has 1 rings (SSSR count). The van der Waals surface area contributed by atoms with Gasteiger partial charge in [0.15, 0.2) is 0 Å². The predicted molar refractivity (Wildman–Crippen MR) is 44.5 cm³/mol. The molecule has 1 aliphatic heterocycles. The third kappa shape index (κ3) is 2.79. The van der Waals surface area contributed by atoms with Gasteiger partial charge in [0.05, 0.1) is 19.7 Å². The van der Waals surface area contributed by atoms with Gasteiger partial charge in [-0.25, -0.2) is 0 Å². The molecule has 0 spiro atoms. The lowest BCUT2D eigenvalue weighted by molar-refractivity contribution is -0.664. The first-order chi connectivity index (χ1) is 5.84. The summed E-state index contributed by atoms with van der Waals surface area (Å²) in [6, 6.07) is 0. The van der Waals surface area contributed by atoms with Gasteiger partial charge >= 0.3 is 0 Å². The van der Waals surface area contributed by atoms with Crippen LogP contribution in [0.4, 0.5) is 0 Å². The summed E-state index contributed by atoms with van der Waals surface area (Å²) in [6.07, 6.45) is 1.94. The number of carbonyl (C=O) groups is 1. The van der Waals surface area contributed by atoms with Crippen LogP contribution in [0.2, 0.25) is 0 Å². The number of hydrogen-bond acceptors (Lipinski definition) is 2. The molecule has 0 unspecified atom stereocenters. The number of nitrogens with one attached hydrogen (secondary N) is 1. The molecule has 0 aromatic heterocycles. The first-order valence-corrected chi connectivity index (χ1v) is 4.55. The predicted octanol–water partition coefficient (Wildman–Crippen LogP) is -1.93. The molecule has 0 atom stereocenters. The van der Waals surface area contributed by atoms with Crippen LogP contribution in [0.25, 0.3) is 0 Å². The molecule has 1 aliphatic rings. The van der Waals surface area contributed by atoms with Crippen molar-refractivity contribution in [1.29, 1.82) is 0 Å². The Morgan fingerprint density at radius 2 is 2.17 bits per heavy atom. The molecule has 4 nitrogen and oxygen atoms in total. The monoisotopic (exact) mass is 173 g/mol. The molecule has 70 valence electrons. The van der Waals surface area contributed by atoms with Crippen molar-refractivity contribution in [2.75, 3.05) is 26.2 Å². The van der Waals surface area contributed by atoms with E-state index in [1.807, 2.05) is 0 Å². The minimum Gasteiger partial charge on any atom is -0.395 e. The highest BCUT2D eigenvalue weighted by Gasteiger charge is 2.21. The first-order valence-electron chi connectivity index (χ1n) is 4.55. The molecule has 0 bridgehead atoms. The number of carbonyl (C=O) groups excluding carboxylic acids is 1. The van der Waals surface area contributed by atoms with E-state index in [2.05, 4.69) is 10.6 Å². The molecule has 4 N–H and O–H groups in total. The molecule has 0 radical (unpaired) electrons. The van der Waals surface area contributed by atoms with Crippen molar-refractivity contribution in [3.8, 4) is 0 Å². The number of aliphatic hydroxyl groups is 1. The van der Waals surface area contributed by atoms with Gasteiger partial charge in [0.25, 0.3) is 0 Å². The fourth-order valence-electron chi connectivity index (χ4n) is 1.51. The lowest BCUT2D eigenvalue weighted by Crippen LogP contribution is -2.86. The number of nitrogens with two attached hydrogens (primary N) is 1. The van der Waals surface area contributed by atoms with E-state index in [-0.39, 0.29) is 18.4 Å². The number of aliphatic hydroxyl groups excluding tert-OH is 1. The Morgan fingerprint density at radius 1 is 1.50 bits per heavy atom. The molecule has 0 saturated carbocycles. The quantitative estimate of drug-likeness (QED) is 0.465. The molecule has 1 saturated heterocycles. The summed E-state index contributed by atoms with van der Waals surface area (Å²) in [4.78, 5) is 11.3. The number of piperidine rings is 1. The van der Waals surface area contributed by atoms with E-state index in [0.29, 0.717) is 6.54 Å². The van der Waals surface area contributed by atoms with Gasteiger partial charge in [-0.3, -0.25) is 4.79 Å². The second-order valence-electron chi connectivity index (χ2n) is 3.15. The van der Waals surface area contributed by atoms with Crippen LogP contribution < -0.4 is 10.6 Å². The summed E-state index contributed by atoms with van der Waals surface area (Å²) in [6.45, 7) is 2.53. The second-order valence-corrected chi connectivity index (χ2v) is 3.15. The van der Waals surface area contributed by atoms with Gasteiger partial charge in [-0.05, 0) is 0 Å². The van der Waals surface area contributed by atoms with Crippen LogP contribution >= 0.6 is 0 Å². The van der Waals surface area contributed by atoms with Gasteiger partial charge in [0.1, 0.15) is 0 Å². The second kappa shape index (κ2) is 5.11. The van der Waals surface area contributed by atoms with Crippen LogP contribution in [0.1, 0.15) is 12.8 Å². The highest BCUT2D eigenvalue weighted by atomic mass is 16.3. The SMILES string of the molecule is O=C(NCCO)C1CC[NH2+]CC1.